The van der Waals surface area contributed by atoms with Gasteiger partial charge in [0.05, 0.1) is 12.2 Å². The molecule has 0 aromatic rings. The summed E-state index contributed by atoms with van der Waals surface area (Å²) >= 11 is 0. The molecule has 0 aromatic heterocycles. The standard InChI is InChI=1S/C23H39NO3/c1-4-21(2,3)18-5-7-22(8-6-18)17-19(22)20(25)24-12-9-23(27-16-13-24)10-14-26-15-11-23/h18-19H,4-17H2,1-3H3/t18?,19-,22?/m1/s1. The zero-order valence-electron chi connectivity index (χ0n) is 17.7. The third kappa shape index (κ3) is 3.81. The number of hydrogen-bond donors (Lipinski definition) is 0. The molecular weight excluding hydrogens is 338 g/mol. The van der Waals surface area contributed by atoms with E-state index in [-0.39, 0.29) is 5.60 Å². The summed E-state index contributed by atoms with van der Waals surface area (Å²) in [6.45, 7) is 11.1. The fraction of sp³-hybridized carbons (Fsp3) is 0.957. The number of carbonyl (C=O) groups is 1. The molecule has 2 aliphatic carbocycles. The summed E-state index contributed by atoms with van der Waals surface area (Å²) in [5.41, 5.74) is 0.773. The maximum Gasteiger partial charge on any atom is 0.226 e. The van der Waals surface area contributed by atoms with Crippen molar-refractivity contribution in [3.63, 3.8) is 0 Å². The Hall–Kier alpha value is -0.610. The molecule has 2 saturated carbocycles. The van der Waals surface area contributed by atoms with Gasteiger partial charge in [-0.2, -0.15) is 0 Å². The van der Waals surface area contributed by atoms with Crippen molar-refractivity contribution >= 4 is 5.91 Å². The number of nitrogens with zero attached hydrogens (tertiary/aromatic N) is 1. The maximum absolute atomic E-state index is 13.2. The Morgan fingerprint density at radius 3 is 2.41 bits per heavy atom. The number of hydrogen-bond acceptors (Lipinski definition) is 3. The predicted molar refractivity (Wildman–Crippen MR) is 107 cm³/mol. The minimum Gasteiger partial charge on any atom is -0.381 e. The van der Waals surface area contributed by atoms with Crippen LogP contribution in [0, 0.1) is 22.7 Å². The monoisotopic (exact) mass is 377 g/mol. The average molecular weight is 378 g/mol. The van der Waals surface area contributed by atoms with Gasteiger partial charge in [-0.25, -0.2) is 0 Å². The molecule has 154 valence electrons. The van der Waals surface area contributed by atoms with Crippen molar-refractivity contribution in [2.24, 2.45) is 22.7 Å². The molecule has 4 nitrogen and oxygen atoms in total. The molecule has 2 spiro atoms. The van der Waals surface area contributed by atoms with Crippen molar-refractivity contribution in [3.05, 3.63) is 0 Å². The van der Waals surface area contributed by atoms with E-state index in [0.29, 0.717) is 29.3 Å². The van der Waals surface area contributed by atoms with Gasteiger partial charge in [-0.15, -0.1) is 0 Å². The lowest BCUT2D eigenvalue weighted by Gasteiger charge is -2.39. The van der Waals surface area contributed by atoms with Crippen LogP contribution in [0.25, 0.3) is 0 Å². The third-order valence-corrected chi connectivity index (χ3v) is 8.81. The van der Waals surface area contributed by atoms with Crippen molar-refractivity contribution in [3.8, 4) is 0 Å². The maximum atomic E-state index is 13.2. The second-order valence-corrected chi connectivity index (χ2v) is 10.5. The molecule has 2 saturated heterocycles. The van der Waals surface area contributed by atoms with Gasteiger partial charge in [0.1, 0.15) is 0 Å². The highest BCUT2D eigenvalue weighted by Crippen LogP contribution is 2.64. The number of amides is 1. The first-order valence-electron chi connectivity index (χ1n) is 11.4. The molecule has 4 heteroatoms. The van der Waals surface area contributed by atoms with Gasteiger partial charge in [-0.1, -0.05) is 27.2 Å². The summed E-state index contributed by atoms with van der Waals surface area (Å²) in [4.78, 5) is 15.4. The molecule has 0 N–H and O–H groups in total. The second kappa shape index (κ2) is 7.33. The Morgan fingerprint density at radius 2 is 1.74 bits per heavy atom. The molecule has 0 bridgehead atoms. The normalized spacial score (nSPS) is 36.6. The van der Waals surface area contributed by atoms with Crippen molar-refractivity contribution in [1.29, 1.82) is 0 Å². The zero-order chi connectivity index (χ0) is 19.1. The highest BCUT2D eigenvalue weighted by atomic mass is 16.5. The minimum absolute atomic E-state index is 0.0295. The average Bonchev–Trinajstić information content (AvgIpc) is 3.41. The molecule has 4 aliphatic rings. The van der Waals surface area contributed by atoms with Gasteiger partial charge in [0, 0.05) is 32.2 Å². The Bertz CT molecular complexity index is 544. The van der Waals surface area contributed by atoms with Crippen LogP contribution in [0.15, 0.2) is 0 Å². The fourth-order valence-corrected chi connectivity index (χ4v) is 5.99. The van der Waals surface area contributed by atoms with E-state index in [4.69, 9.17) is 9.47 Å². The molecule has 4 rings (SSSR count). The molecule has 0 unspecified atom stereocenters. The van der Waals surface area contributed by atoms with Crippen LogP contribution in [0.5, 0.6) is 0 Å². The molecule has 1 amide bonds. The molecule has 0 aromatic carbocycles. The van der Waals surface area contributed by atoms with Crippen LogP contribution in [-0.2, 0) is 14.3 Å². The molecule has 2 aliphatic heterocycles. The van der Waals surface area contributed by atoms with Gasteiger partial charge >= 0.3 is 0 Å². The van der Waals surface area contributed by atoms with E-state index in [0.717, 1.165) is 57.9 Å². The highest BCUT2D eigenvalue weighted by Gasteiger charge is 2.60. The van der Waals surface area contributed by atoms with Gasteiger partial charge in [0.2, 0.25) is 5.91 Å². The first-order valence-corrected chi connectivity index (χ1v) is 11.4. The van der Waals surface area contributed by atoms with Crippen molar-refractivity contribution in [2.75, 3.05) is 32.9 Å². The minimum atomic E-state index is -0.0295. The van der Waals surface area contributed by atoms with Crippen LogP contribution >= 0.6 is 0 Å². The van der Waals surface area contributed by atoms with E-state index >= 15 is 0 Å². The third-order valence-electron chi connectivity index (χ3n) is 8.81. The van der Waals surface area contributed by atoms with Crippen LogP contribution in [-0.4, -0.2) is 49.3 Å². The molecule has 27 heavy (non-hydrogen) atoms. The number of rotatable bonds is 3. The summed E-state index contributed by atoms with van der Waals surface area (Å²) in [7, 11) is 0. The number of carbonyl (C=O) groups excluding carboxylic acids is 1. The van der Waals surface area contributed by atoms with Crippen molar-refractivity contribution < 1.29 is 14.3 Å². The molecule has 0 radical (unpaired) electrons. The summed E-state index contributed by atoms with van der Waals surface area (Å²) < 4.78 is 11.8. The predicted octanol–water partition coefficient (Wildman–Crippen LogP) is 4.42. The van der Waals surface area contributed by atoms with Crippen molar-refractivity contribution in [2.45, 2.75) is 84.2 Å². The highest BCUT2D eigenvalue weighted by molar-refractivity contribution is 5.82. The fourth-order valence-electron chi connectivity index (χ4n) is 5.99. The Labute approximate surface area is 165 Å². The summed E-state index contributed by atoms with van der Waals surface area (Å²) in [6, 6.07) is 0. The largest absolute Gasteiger partial charge is 0.381 e. The van der Waals surface area contributed by atoms with Gasteiger partial charge in [-0.05, 0) is 68.1 Å². The van der Waals surface area contributed by atoms with Gasteiger partial charge in [-0.3, -0.25) is 4.79 Å². The Kier molecular flexibility index (Phi) is 5.35. The van der Waals surface area contributed by atoms with Crippen LogP contribution in [0.2, 0.25) is 0 Å². The van der Waals surface area contributed by atoms with Gasteiger partial charge in [0.25, 0.3) is 0 Å². The summed E-state index contributed by atoms with van der Waals surface area (Å²) in [6.07, 6.45) is 10.5. The number of ether oxygens (including phenoxy) is 2. The van der Waals surface area contributed by atoms with E-state index in [1.165, 1.54) is 32.1 Å². The summed E-state index contributed by atoms with van der Waals surface area (Å²) in [5, 5.41) is 0. The summed E-state index contributed by atoms with van der Waals surface area (Å²) in [5.74, 6) is 1.56. The lowest BCUT2D eigenvalue weighted by atomic mass is 9.66. The molecule has 1 atom stereocenters. The lowest BCUT2D eigenvalue weighted by molar-refractivity contribution is -0.133. The van der Waals surface area contributed by atoms with E-state index in [1.54, 1.807) is 0 Å². The topological polar surface area (TPSA) is 38.8 Å². The SMILES string of the molecule is CCC(C)(C)C1CCC2(CC1)C[C@@H]2C(=O)N1CCOC2(CCOCC2)CC1. The quantitative estimate of drug-likeness (QED) is 0.731. The Balaban J connectivity index is 1.31. The van der Waals surface area contributed by atoms with Crippen LogP contribution in [0.1, 0.15) is 78.6 Å². The molecule has 2 heterocycles. The van der Waals surface area contributed by atoms with Crippen molar-refractivity contribution in [1.82, 2.24) is 4.90 Å². The van der Waals surface area contributed by atoms with Gasteiger partial charge in [0.15, 0.2) is 0 Å². The molecular formula is C23H39NO3. The smallest absolute Gasteiger partial charge is 0.226 e. The lowest BCUT2D eigenvalue weighted by Crippen LogP contribution is -2.40. The molecule has 4 fully saturated rings. The van der Waals surface area contributed by atoms with Crippen LogP contribution in [0.4, 0.5) is 0 Å². The van der Waals surface area contributed by atoms with E-state index in [1.807, 2.05) is 0 Å². The van der Waals surface area contributed by atoms with E-state index < -0.39 is 0 Å². The van der Waals surface area contributed by atoms with E-state index in [2.05, 4.69) is 25.7 Å². The second-order valence-electron chi connectivity index (χ2n) is 10.5. The zero-order valence-corrected chi connectivity index (χ0v) is 17.7. The first-order chi connectivity index (χ1) is 12.9. The Morgan fingerprint density at radius 1 is 1.04 bits per heavy atom. The van der Waals surface area contributed by atoms with Crippen LogP contribution < -0.4 is 0 Å². The van der Waals surface area contributed by atoms with Crippen LogP contribution in [0.3, 0.4) is 0 Å². The van der Waals surface area contributed by atoms with E-state index in [9.17, 15) is 4.79 Å². The van der Waals surface area contributed by atoms with Gasteiger partial charge < -0.3 is 14.4 Å². The first kappa shape index (κ1) is 19.7.